The average molecular weight is 176 g/mol. The van der Waals surface area contributed by atoms with Gasteiger partial charge in [0.05, 0.1) is 6.07 Å². The van der Waals surface area contributed by atoms with Gasteiger partial charge in [-0.15, -0.1) is 0 Å². The van der Waals surface area contributed by atoms with Crippen LogP contribution in [0, 0.1) is 0 Å². The predicted octanol–water partition coefficient (Wildman–Crippen LogP) is -0.0278. The van der Waals surface area contributed by atoms with Gasteiger partial charge in [0.25, 0.3) is 0 Å². The quantitative estimate of drug-likeness (QED) is 0.620. The third-order valence-corrected chi connectivity index (χ3v) is 1.33. The Morgan fingerprint density at radius 3 is 2.64 bits per heavy atom. The Hall–Kier alpha value is -0.900. The van der Waals surface area contributed by atoms with Gasteiger partial charge in [0.2, 0.25) is 0 Å². The summed E-state index contributed by atoms with van der Waals surface area (Å²) in [6, 6.07) is 4.69. The third-order valence-electron chi connectivity index (χ3n) is 0.898. The van der Waals surface area contributed by atoms with Gasteiger partial charge in [-0.2, -0.15) is 4.98 Å². The second-order valence-electron chi connectivity index (χ2n) is 1.81. The van der Waals surface area contributed by atoms with E-state index in [9.17, 15) is 4.57 Å². The fourth-order valence-corrected chi connectivity index (χ4v) is 0.932. The molecule has 0 atom stereocenters. The van der Waals surface area contributed by atoms with Crippen LogP contribution in [-0.4, -0.2) is 9.79 Å². The van der Waals surface area contributed by atoms with Crippen molar-refractivity contribution in [1.29, 1.82) is 0 Å². The average Bonchev–Trinajstić information content (AvgIpc) is 1.85. The summed E-state index contributed by atoms with van der Waals surface area (Å²) >= 11 is 0. The topological polar surface area (TPSA) is 80.9 Å². The van der Waals surface area contributed by atoms with E-state index in [0.717, 1.165) is 0 Å². The summed E-state index contributed by atoms with van der Waals surface area (Å²) in [7, 11) is -4.42. The Morgan fingerprint density at radius 2 is 2.18 bits per heavy atom. The highest BCUT2D eigenvalue weighted by molar-refractivity contribution is 7.46. The first-order valence-corrected chi connectivity index (χ1v) is 4.33. The van der Waals surface area contributed by atoms with Crippen LogP contribution in [0.2, 0.25) is 0 Å². The van der Waals surface area contributed by atoms with E-state index in [2.05, 4.69) is 9.51 Å². The largest absolute Gasteiger partial charge is 0.528 e. The maximum Gasteiger partial charge on any atom is 0.528 e. The second kappa shape index (κ2) is 3.00. The Bertz CT molecular complexity index is 269. The van der Waals surface area contributed by atoms with Crippen LogP contribution in [0.1, 0.15) is 0 Å². The molecule has 0 amide bonds. The fourth-order valence-electron chi connectivity index (χ4n) is 0.562. The first kappa shape index (κ1) is 8.20. The number of hydrogen-bond acceptors (Lipinski definition) is 2. The molecule has 1 heterocycles. The smallest absolute Gasteiger partial charge is 0.348 e. The van der Waals surface area contributed by atoms with Gasteiger partial charge in [-0.3, -0.25) is 9.79 Å². The van der Waals surface area contributed by atoms with Crippen LogP contribution in [0.25, 0.3) is 0 Å². The molecule has 5 nitrogen and oxygen atoms in total. The lowest BCUT2D eigenvalue weighted by atomic mass is 10.5. The van der Waals surface area contributed by atoms with Gasteiger partial charge in [-0.05, 0) is 6.07 Å². The molecule has 0 saturated heterocycles. The van der Waals surface area contributed by atoms with Crippen molar-refractivity contribution >= 4 is 7.82 Å². The van der Waals surface area contributed by atoms with Crippen molar-refractivity contribution in [3.8, 4) is 5.88 Å². The summed E-state index contributed by atoms with van der Waals surface area (Å²) in [6.07, 6.45) is 1.50. The number of aromatic nitrogens is 1. The van der Waals surface area contributed by atoms with E-state index >= 15 is 0 Å². The molecule has 1 aromatic heterocycles. The third kappa shape index (κ3) is 3.13. The molecule has 0 spiro atoms. The minimum atomic E-state index is -4.42. The Labute approximate surface area is 62.9 Å². The van der Waals surface area contributed by atoms with Gasteiger partial charge in [0.15, 0.2) is 6.20 Å². The van der Waals surface area contributed by atoms with Crippen molar-refractivity contribution in [3.63, 3.8) is 0 Å². The van der Waals surface area contributed by atoms with Crippen LogP contribution in [-0.2, 0) is 4.57 Å². The van der Waals surface area contributed by atoms with Crippen LogP contribution >= 0.6 is 7.82 Å². The zero-order chi connectivity index (χ0) is 8.32. The van der Waals surface area contributed by atoms with Gasteiger partial charge in [0.1, 0.15) is 0 Å². The molecule has 0 unspecified atom stereocenters. The predicted molar refractivity (Wildman–Crippen MR) is 35.7 cm³/mol. The highest BCUT2D eigenvalue weighted by atomic mass is 31.2. The van der Waals surface area contributed by atoms with Gasteiger partial charge in [-0.25, -0.2) is 4.57 Å². The van der Waals surface area contributed by atoms with Crippen LogP contribution < -0.4 is 9.51 Å². The Morgan fingerprint density at radius 1 is 1.45 bits per heavy atom. The molecule has 0 aliphatic rings. The van der Waals surface area contributed by atoms with Gasteiger partial charge < -0.3 is 4.52 Å². The lowest BCUT2D eigenvalue weighted by Crippen LogP contribution is -2.05. The van der Waals surface area contributed by atoms with E-state index < -0.39 is 7.82 Å². The zero-order valence-corrected chi connectivity index (χ0v) is 6.36. The van der Waals surface area contributed by atoms with Crippen LogP contribution in [0.15, 0.2) is 24.4 Å². The summed E-state index contributed by atoms with van der Waals surface area (Å²) < 4.78 is 14.5. The Balaban J connectivity index is 2.74. The number of aromatic amines is 1. The standard InChI is InChI=1S/C5H6NO4P/c7-11(8,9)10-5-3-1-2-4-6-5/h1-4H,(H2,7,8,9)/p+1. The molecule has 0 aliphatic heterocycles. The van der Waals surface area contributed by atoms with E-state index in [1.165, 1.54) is 12.3 Å². The highest BCUT2D eigenvalue weighted by Gasteiger charge is 2.18. The molecule has 0 bridgehead atoms. The molecule has 11 heavy (non-hydrogen) atoms. The number of H-pyrrole nitrogens is 1. The summed E-state index contributed by atoms with van der Waals surface area (Å²) in [5, 5.41) is 0. The van der Waals surface area contributed by atoms with Crippen molar-refractivity contribution in [3.05, 3.63) is 24.4 Å². The monoisotopic (exact) mass is 176 g/mol. The number of phosphoric acid groups is 1. The van der Waals surface area contributed by atoms with Gasteiger partial charge >= 0.3 is 13.7 Å². The first-order chi connectivity index (χ1) is 5.08. The lowest BCUT2D eigenvalue weighted by Gasteiger charge is -1.99. The molecule has 0 fully saturated rings. The van der Waals surface area contributed by atoms with E-state index in [1.807, 2.05) is 0 Å². The van der Waals surface area contributed by atoms with Crippen LogP contribution in [0.4, 0.5) is 0 Å². The summed E-state index contributed by atoms with van der Waals surface area (Å²) in [5.74, 6) is 0.0424. The number of hydrogen-bond donors (Lipinski definition) is 2. The molecule has 0 aromatic carbocycles. The SMILES string of the molecule is O=P(O)(O)Oc1cccc[nH+]1. The van der Waals surface area contributed by atoms with E-state index in [0.29, 0.717) is 0 Å². The lowest BCUT2D eigenvalue weighted by molar-refractivity contribution is -0.388. The summed E-state index contributed by atoms with van der Waals surface area (Å²) in [4.78, 5) is 19.2. The number of pyridine rings is 1. The molecule has 0 radical (unpaired) electrons. The van der Waals surface area contributed by atoms with Gasteiger partial charge in [-0.1, -0.05) is 0 Å². The maximum absolute atomic E-state index is 10.3. The fraction of sp³-hybridized carbons (Fsp3) is 0. The number of phosphoric ester groups is 1. The number of nitrogens with one attached hydrogen (secondary N) is 1. The highest BCUT2D eigenvalue weighted by Crippen LogP contribution is 2.35. The molecular formula is C5H7NO4P+. The second-order valence-corrected chi connectivity index (χ2v) is 2.97. The van der Waals surface area contributed by atoms with Crippen LogP contribution in [0.3, 0.4) is 0 Å². The van der Waals surface area contributed by atoms with Crippen molar-refractivity contribution in [2.24, 2.45) is 0 Å². The van der Waals surface area contributed by atoms with Gasteiger partial charge in [0, 0.05) is 6.07 Å². The molecule has 6 heteroatoms. The number of rotatable bonds is 2. The van der Waals surface area contributed by atoms with Crippen LogP contribution in [0.5, 0.6) is 5.88 Å². The molecule has 3 N–H and O–H groups in total. The van der Waals surface area contributed by atoms with Crippen molar-refractivity contribution < 1.29 is 23.9 Å². The van der Waals surface area contributed by atoms with E-state index in [1.54, 1.807) is 12.1 Å². The van der Waals surface area contributed by atoms with E-state index in [4.69, 9.17) is 9.79 Å². The molecule has 60 valence electrons. The summed E-state index contributed by atoms with van der Waals surface area (Å²) in [6.45, 7) is 0. The molecule has 0 saturated carbocycles. The summed E-state index contributed by atoms with van der Waals surface area (Å²) in [5.41, 5.74) is 0. The molecular weight excluding hydrogens is 169 g/mol. The minimum absolute atomic E-state index is 0.0424. The zero-order valence-electron chi connectivity index (χ0n) is 5.47. The molecule has 1 aromatic rings. The Kier molecular flexibility index (Phi) is 2.24. The minimum Gasteiger partial charge on any atom is -0.348 e. The van der Waals surface area contributed by atoms with Crippen molar-refractivity contribution in [1.82, 2.24) is 0 Å². The molecule has 0 aliphatic carbocycles. The van der Waals surface area contributed by atoms with Crippen molar-refractivity contribution in [2.75, 3.05) is 0 Å². The molecule has 1 rings (SSSR count). The first-order valence-electron chi connectivity index (χ1n) is 2.80. The van der Waals surface area contributed by atoms with Crippen molar-refractivity contribution in [2.45, 2.75) is 0 Å². The maximum atomic E-state index is 10.3. The normalized spacial score (nSPS) is 11.1. The van der Waals surface area contributed by atoms with E-state index in [-0.39, 0.29) is 5.88 Å².